The zero-order chi connectivity index (χ0) is 22.5. The summed E-state index contributed by atoms with van der Waals surface area (Å²) in [6.07, 6.45) is 1.26. The van der Waals surface area contributed by atoms with Gasteiger partial charge in [-0.05, 0) is 43.2 Å². The van der Waals surface area contributed by atoms with Crippen LogP contribution in [0.1, 0.15) is 18.7 Å². The molecular weight excluding hydrogens is 412 g/mol. The van der Waals surface area contributed by atoms with E-state index in [9.17, 15) is 14.9 Å². The van der Waals surface area contributed by atoms with Crippen molar-refractivity contribution in [3.8, 4) is 17.1 Å². The Morgan fingerprint density at radius 3 is 2.62 bits per heavy atom. The van der Waals surface area contributed by atoms with Crippen LogP contribution < -0.4 is 15.0 Å². The van der Waals surface area contributed by atoms with Gasteiger partial charge in [-0.25, -0.2) is 4.98 Å². The molecule has 10 heteroatoms. The molecule has 2 heterocycles. The smallest absolute Gasteiger partial charge is 0.292 e. The maximum atomic E-state index is 12.6. The number of piperidine rings is 1. The number of amides is 1. The molecule has 0 spiro atoms. The van der Waals surface area contributed by atoms with Crippen LogP contribution >= 0.6 is 0 Å². The van der Waals surface area contributed by atoms with Crippen LogP contribution in [0.5, 0.6) is 5.75 Å². The van der Waals surface area contributed by atoms with Gasteiger partial charge < -0.3 is 15.0 Å². The van der Waals surface area contributed by atoms with Gasteiger partial charge in [0, 0.05) is 30.6 Å². The van der Waals surface area contributed by atoms with Gasteiger partial charge >= 0.3 is 0 Å². The van der Waals surface area contributed by atoms with Crippen LogP contribution in [0.3, 0.4) is 0 Å². The van der Waals surface area contributed by atoms with Gasteiger partial charge in [-0.3, -0.25) is 20.0 Å². The minimum absolute atomic E-state index is 0.0467. The first-order valence-corrected chi connectivity index (χ1v) is 10.4. The zero-order valence-corrected chi connectivity index (χ0v) is 17.7. The number of benzene rings is 2. The van der Waals surface area contributed by atoms with Crippen LogP contribution in [0.15, 0.2) is 48.5 Å². The number of carbonyl (C=O) groups excluding carboxylic acids is 1. The van der Waals surface area contributed by atoms with Crippen LogP contribution in [-0.2, 0) is 11.3 Å². The topological polar surface area (TPSA) is 126 Å². The predicted molar refractivity (Wildman–Crippen MR) is 118 cm³/mol. The maximum absolute atomic E-state index is 12.6. The van der Waals surface area contributed by atoms with Gasteiger partial charge in [-0.2, -0.15) is 5.10 Å². The third-order valence-corrected chi connectivity index (χ3v) is 5.59. The lowest BCUT2D eigenvalue weighted by Gasteiger charge is -2.32. The molecule has 0 unspecified atom stereocenters. The van der Waals surface area contributed by atoms with E-state index in [0.717, 1.165) is 11.3 Å². The SMILES string of the molecule is COc1ccc(-c2n[nH]c(CNC(=O)C3CCN(c4ccccc4[N+](=O)[O-])CC3)n2)cc1. The number of anilines is 1. The molecule has 1 saturated heterocycles. The third kappa shape index (κ3) is 4.69. The Balaban J connectivity index is 1.29. The molecule has 1 aliphatic heterocycles. The molecule has 0 atom stereocenters. The van der Waals surface area contributed by atoms with Crippen LogP contribution in [0, 0.1) is 16.0 Å². The van der Waals surface area contributed by atoms with Gasteiger partial charge in [0.15, 0.2) is 5.82 Å². The van der Waals surface area contributed by atoms with Gasteiger partial charge in [0.2, 0.25) is 5.91 Å². The molecule has 1 amide bonds. The number of methoxy groups -OCH3 is 1. The van der Waals surface area contributed by atoms with E-state index in [1.807, 2.05) is 29.2 Å². The van der Waals surface area contributed by atoms with Crippen LogP contribution in [0.4, 0.5) is 11.4 Å². The largest absolute Gasteiger partial charge is 0.497 e. The summed E-state index contributed by atoms with van der Waals surface area (Å²) in [5.41, 5.74) is 1.54. The summed E-state index contributed by atoms with van der Waals surface area (Å²) in [6, 6.07) is 14.1. The minimum Gasteiger partial charge on any atom is -0.497 e. The van der Waals surface area contributed by atoms with Gasteiger partial charge in [-0.15, -0.1) is 0 Å². The number of aromatic nitrogens is 3. The molecule has 10 nitrogen and oxygen atoms in total. The average molecular weight is 436 g/mol. The summed E-state index contributed by atoms with van der Waals surface area (Å²) in [5, 5.41) is 21.3. The first-order chi connectivity index (χ1) is 15.5. The molecular formula is C22H24N6O4. The second kappa shape index (κ2) is 9.46. The normalized spacial score (nSPS) is 14.2. The molecule has 4 rings (SSSR count). The molecule has 2 aromatic carbocycles. The lowest BCUT2D eigenvalue weighted by atomic mass is 9.95. The Kier molecular flexibility index (Phi) is 6.29. The Morgan fingerprint density at radius 1 is 1.22 bits per heavy atom. The van der Waals surface area contributed by atoms with E-state index < -0.39 is 0 Å². The van der Waals surface area contributed by atoms with E-state index in [-0.39, 0.29) is 29.0 Å². The number of nitro benzene ring substituents is 1. The minimum atomic E-state index is -0.369. The second-order valence-corrected chi connectivity index (χ2v) is 7.56. The number of hydrogen-bond acceptors (Lipinski definition) is 7. The van der Waals surface area contributed by atoms with Gasteiger partial charge in [0.05, 0.1) is 18.6 Å². The second-order valence-electron chi connectivity index (χ2n) is 7.56. The predicted octanol–water partition coefficient (Wildman–Crippen LogP) is 2.92. The molecule has 0 radical (unpaired) electrons. The number of aromatic amines is 1. The van der Waals surface area contributed by atoms with E-state index in [2.05, 4.69) is 20.5 Å². The monoisotopic (exact) mass is 436 g/mol. The zero-order valence-electron chi connectivity index (χ0n) is 17.7. The fraction of sp³-hybridized carbons (Fsp3) is 0.318. The molecule has 0 bridgehead atoms. The van der Waals surface area contributed by atoms with E-state index >= 15 is 0 Å². The van der Waals surface area contributed by atoms with Crippen LogP contribution in [0.25, 0.3) is 11.4 Å². The number of nitrogens with one attached hydrogen (secondary N) is 2. The van der Waals surface area contributed by atoms with Crippen molar-refractivity contribution in [3.63, 3.8) is 0 Å². The molecule has 1 fully saturated rings. The first-order valence-electron chi connectivity index (χ1n) is 10.4. The van der Waals surface area contributed by atoms with Crippen LogP contribution in [-0.4, -0.2) is 46.2 Å². The number of rotatable bonds is 7. The summed E-state index contributed by atoms with van der Waals surface area (Å²) in [7, 11) is 1.61. The maximum Gasteiger partial charge on any atom is 0.292 e. The highest BCUT2D eigenvalue weighted by molar-refractivity contribution is 5.79. The lowest BCUT2D eigenvalue weighted by molar-refractivity contribution is -0.384. The molecule has 32 heavy (non-hydrogen) atoms. The Hall–Kier alpha value is -3.95. The highest BCUT2D eigenvalue weighted by atomic mass is 16.6. The van der Waals surface area contributed by atoms with E-state index in [4.69, 9.17) is 4.74 Å². The number of para-hydroxylation sites is 2. The van der Waals surface area contributed by atoms with Crippen LogP contribution in [0.2, 0.25) is 0 Å². The number of H-pyrrole nitrogens is 1. The summed E-state index contributed by atoms with van der Waals surface area (Å²) in [4.78, 5) is 29.9. The van der Waals surface area contributed by atoms with E-state index in [1.165, 1.54) is 6.07 Å². The third-order valence-electron chi connectivity index (χ3n) is 5.59. The van der Waals surface area contributed by atoms with Crippen molar-refractivity contribution in [1.29, 1.82) is 0 Å². The highest BCUT2D eigenvalue weighted by Gasteiger charge is 2.28. The summed E-state index contributed by atoms with van der Waals surface area (Å²) in [6.45, 7) is 1.44. The van der Waals surface area contributed by atoms with Crippen molar-refractivity contribution in [2.45, 2.75) is 19.4 Å². The molecule has 1 aliphatic rings. The van der Waals surface area contributed by atoms with Crippen molar-refractivity contribution in [1.82, 2.24) is 20.5 Å². The summed E-state index contributed by atoms with van der Waals surface area (Å²) in [5.74, 6) is 1.69. The number of carbonyl (C=O) groups is 1. The molecule has 1 aromatic heterocycles. The first kappa shape index (κ1) is 21.3. The Bertz CT molecular complexity index is 1090. The molecule has 2 N–H and O–H groups in total. The molecule has 0 aliphatic carbocycles. The van der Waals surface area contributed by atoms with Gasteiger partial charge in [0.25, 0.3) is 5.69 Å². The molecule has 166 valence electrons. The standard InChI is InChI=1S/C22H24N6O4/c1-32-17-8-6-15(7-9-17)21-24-20(25-26-21)14-23-22(29)16-10-12-27(13-11-16)18-4-2-3-5-19(18)28(30)31/h2-9,16H,10-14H2,1H3,(H,23,29)(H,24,25,26). The molecule has 3 aromatic rings. The number of hydrogen-bond donors (Lipinski definition) is 2. The van der Waals surface area contributed by atoms with Crippen molar-refractivity contribution < 1.29 is 14.5 Å². The highest BCUT2D eigenvalue weighted by Crippen LogP contribution is 2.31. The Labute approximate surface area is 184 Å². The van der Waals surface area contributed by atoms with E-state index in [1.54, 1.807) is 25.3 Å². The van der Waals surface area contributed by atoms with Crippen molar-refractivity contribution in [3.05, 3.63) is 64.5 Å². The number of nitrogens with zero attached hydrogens (tertiary/aromatic N) is 4. The average Bonchev–Trinajstić information content (AvgIpc) is 3.32. The molecule has 0 saturated carbocycles. The summed E-state index contributed by atoms with van der Waals surface area (Å²) < 4.78 is 5.15. The van der Waals surface area contributed by atoms with Crippen molar-refractivity contribution >= 4 is 17.3 Å². The quantitative estimate of drug-likeness (QED) is 0.431. The Morgan fingerprint density at radius 2 is 1.94 bits per heavy atom. The fourth-order valence-electron chi connectivity index (χ4n) is 3.83. The lowest BCUT2D eigenvalue weighted by Crippen LogP contribution is -2.40. The van der Waals surface area contributed by atoms with E-state index in [0.29, 0.717) is 43.3 Å². The summed E-state index contributed by atoms with van der Waals surface area (Å²) >= 11 is 0. The number of nitro groups is 1. The van der Waals surface area contributed by atoms with Gasteiger partial charge in [0.1, 0.15) is 17.3 Å². The van der Waals surface area contributed by atoms with Crippen molar-refractivity contribution in [2.24, 2.45) is 5.92 Å². The van der Waals surface area contributed by atoms with Gasteiger partial charge in [-0.1, -0.05) is 12.1 Å². The number of ether oxygens (including phenoxy) is 1. The van der Waals surface area contributed by atoms with Crippen molar-refractivity contribution in [2.75, 3.05) is 25.1 Å². The fourth-order valence-corrected chi connectivity index (χ4v) is 3.83.